The summed E-state index contributed by atoms with van der Waals surface area (Å²) in [5, 5.41) is 8.67. The number of hydrogen-bond acceptors (Lipinski definition) is 6. The van der Waals surface area contributed by atoms with Crippen molar-refractivity contribution in [2.45, 2.75) is 6.42 Å². The maximum absolute atomic E-state index is 4.65. The maximum Gasteiger partial charge on any atom is 0.188 e. The van der Waals surface area contributed by atoms with Crippen LogP contribution in [0, 0.1) is 0 Å². The van der Waals surface area contributed by atoms with E-state index < -0.39 is 0 Å². The van der Waals surface area contributed by atoms with E-state index in [2.05, 4.69) is 81.3 Å². The largest absolute Gasteiger partial charge is 0.332 e. The first-order valence-corrected chi connectivity index (χ1v) is 12.3. The SMILES string of the molecule is c1ccc2sc(Nc3ccc(Cc4ccc(Nc5nc6ccccc6s5)cc4)cc3)nc2c1. The summed E-state index contributed by atoms with van der Waals surface area (Å²) in [7, 11) is 0. The summed E-state index contributed by atoms with van der Waals surface area (Å²) in [5.74, 6) is 0. The van der Waals surface area contributed by atoms with Gasteiger partial charge in [-0.15, -0.1) is 0 Å². The minimum absolute atomic E-state index is 0.892. The molecular weight excluding hydrogens is 444 g/mol. The number of anilines is 4. The molecule has 0 atom stereocenters. The van der Waals surface area contributed by atoms with Crippen LogP contribution in [0.15, 0.2) is 97.1 Å². The van der Waals surface area contributed by atoms with Crippen LogP contribution in [0.4, 0.5) is 21.6 Å². The number of para-hydroxylation sites is 2. The van der Waals surface area contributed by atoms with E-state index in [-0.39, 0.29) is 0 Å². The van der Waals surface area contributed by atoms with E-state index in [1.54, 1.807) is 22.7 Å². The van der Waals surface area contributed by atoms with Crippen LogP contribution in [0.25, 0.3) is 20.4 Å². The molecular formula is C27H20N4S2. The van der Waals surface area contributed by atoms with E-state index in [1.165, 1.54) is 20.5 Å². The number of nitrogens with one attached hydrogen (secondary N) is 2. The zero-order valence-corrected chi connectivity index (χ0v) is 19.3. The van der Waals surface area contributed by atoms with Crippen LogP contribution < -0.4 is 10.6 Å². The first-order valence-electron chi connectivity index (χ1n) is 10.7. The lowest BCUT2D eigenvalue weighted by Crippen LogP contribution is -1.93. The number of benzene rings is 4. The minimum atomic E-state index is 0.892. The Labute approximate surface area is 199 Å². The Kier molecular flexibility index (Phi) is 5.22. The molecule has 6 aromatic rings. The van der Waals surface area contributed by atoms with Crippen molar-refractivity contribution in [3.05, 3.63) is 108 Å². The van der Waals surface area contributed by atoms with Gasteiger partial charge in [0.05, 0.1) is 20.4 Å². The molecule has 4 nitrogen and oxygen atoms in total. The van der Waals surface area contributed by atoms with Gasteiger partial charge in [0, 0.05) is 11.4 Å². The van der Waals surface area contributed by atoms with E-state index in [0.29, 0.717) is 0 Å². The second-order valence-corrected chi connectivity index (χ2v) is 9.86. The molecule has 6 heteroatoms. The molecule has 2 aromatic heterocycles. The fraction of sp³-hybridized carbons (Fsp3) is 0.0370. The van der Waals surface area contributed by atoms with Crippen molar-refractivity contribution in [3.8, 4) is 0 Å². The van der Waals surface area contributed by atoms with Gasteiger partial charge in [0.25, 0.3) is 0 Å². The highest BCUT2D eigenvalue weighted by atomic mass is 32.1. The number of rotatable bonds is 6. The molecule has 160 valence electrons. The smallest absolute Gasteiger partial charge is 0.188 e. The third-order valence-corrected chi connectivity index (χ3v) is 7.31. The van der Waals surface area contributed by atoms with Crippen molar-refractivity contribution < 1.29 is 0 Å². The minimum Gasteiger partial charge on any atom is -0.332 e. The van der Waals surface area contributed by atoms with E-state index in [1.807, 2.05) is 36.4 Å². The lowest BCUT2D eigenvalue weighted by molar-refractivity contribution is 1.19. The Bertz CT molecular complexity index is 1350. The standard InChI is InChI=1S/C27H20N4S2/c1-3-7-24-22(5-1)30-26(32-24)28-20-13-9-18(10-14-20)17-19-11-15-21(16-12-19)29-27-31-23-6-2-4-8-25(23)33-27/h1-16H,17H2,(H,28,30)(H,29,31). The average Bonchev–Trinajstić information content (AvgIpc) is 3.44. The third-order valence-electron chi connectivity index (χ3n) is 5.41. The quantitative estimate of drug-likeness (QED) is 0.262. The zero-order chi connectivity index (χ0) is 22.0. The molecule has 4 aromatic carbocycles. The molecule has 0 amide bonds. The normalized spacial score (nSPS) is 11.2. The Balaban J connectivity index is 1.10. The van der Waals surface area contributed by atoms with Crippen LogP contribution in [0.1, 0.15) is 11.1 Å². The van der Waals surface area contributed by atoms with Gasteiger partial charge in [-0.25, -0.2) is 9.97 Å². The topological polar surface area (TPSA) is 49.8 Å². The van der Waals surface area contributed by atoms with Gasteiger partial charge in [-0.2, -0.15) is 0 Å². The van der Waals surface area contributed by atoms with Crippen molar-refractivity contribution in [1.82, 2.24) is 9.97 Å². The monoisotopic (exact) mass is 464 g/mol. The fourth-order valence-electron chi connectivity index (χ4n) is 3.75. The van der Waals surface area contributed by atoms with Gasteiger partial charge >= 0.3 is 0 Å². The van der Waals surface area contributed by atoms with Gasteiger partial charge in [0.15, 0.2) is 10.3 Å². The summed E-state index contributed by atoms with van der Waals surface area (Å²) < 4.78 is 2.38. The second-order valence-electron chi connectivity index (χ2n) is 7.79. The van der Waals surface area contributed by atoms with Gasteiger partial charge in [0.1, 0.15) is 0 Å². The van der Waals surface area contributed by atoms with Crippen LogP contribution in [0.5, 0.6) is 0 Å². The summed E-state index contributed by atoms with van der Waals surface area (Å²) in [6.07, 6.45) is 0.892. The van der Waals surface area contributed by atoms with Crippen LogP contribution in [0.3, 0.4) is 0 Å². The van der Waals surface area contributed by atoms with Crippen LogP contribution in [-0.4, -0.2) is 9.97 Å². The lowest BCUT2D eigenvalue weighted by atomic mass is 10.0. The first kappa shape index (κ1) is 19.9. The predicted molar refractivity (Wildman–Crippen MR) is 141 cm³/mol. The van der Waals surface area contributed by atoms with E-state index >= 15 is 0 Å². The van der Waals surface area contributed by atoms with Crippen LogP contribution >= 0.6 is 22.7 Å². The molecule has 2 heterocycles. The van der Waals surface area contributed by atoms with Crippen molar-refractivity contribution in [1.29, 1.82) is 0 Å². The zero-order valence-electron chi connectivity index (χ0n) is 17.7. The number of thiazole rings is 2. The van der Waals surface area contributed by atoms with Gasteiger partial charge in [0.2, 0.25) is 0 Å². The third kappa shape index (κ3) is 4.44. The van der Waals surface area contributed by atoms with Crippen molar-refractivity contribution >= 4 is 64.7 Å². The molecule has 6 rings (SSSR count). The number of aromatic nitrogens is 2. The molecule has 0 spiro atoms. The van der Waals surface area contributed by atoms with Crippen LogP contribution in [-0.2, 0) is 6.42 Å². The van der Waals surface area contributed by atoms with Crippen molar-refractivity contribution in [2.24, 2.45) is 0 Å². The first-order chi connectivity index (χ1) is 16.3. The highest BCUT2D eigenvalue weighted by Gasteiger charge is 2.05. The highest BCUT2D eigenvalue weighted by molar-refractivity contribution is 7.22. The molecule has 0 saturated carbocycles. The summed E-state index contributed by atoms with van der Waals surface area (Å²) in [6, 6.07) is 33.5. The molecule has 2 N–H and O–H groups in total. The second kappa shape index (κ2) is 8.65. The summed E-state index contributed by atoms with van der Waals surface area (Å²) >= 11 is 3.34. The lowest BCUT2D eigenvalue weighted by Gasteiger charge is -2.07. The molecule has 0 bridgehead atoms. The van der Waals surface area contributed by atoms with E-state index in [0.717, 1.165) is 39.1 Å². The van der Waals surface area contributed by atoms with Gasteiger partial charge in [-0.1, -0.05) is 71.2 Å². The summed E-state index contributed by atoms with van der Waals surface area (Å²) in [4.78, 5) is 9.29. The Morgan fingerprint density at radius 2 is 0.939 bits per heavy atom. The predicted octanol–water partition coefficient (Wildman–Crippen LogP) is 7.98. The fourth-order valence-corrected chi connectivity index (χ4v) is 5.52. The highest BCUT2D eigenvalue weighted by Crippen LogP contribution is 2.29. The number of fused-ring (bicyclic) bond motifs is 2. The molecule has 0 saturated heterocycles. The van der Waals surface area contributed by atoms with Crippen LogP contribution in [0.2, 0.25) is 0 Å². The summed E-state index contributed by atoms with van der Waals surface area (Å²) in [5.41, 5.74) is 6.71. The van der Waals surface area contributed by atoms with Gasteiger partial charge in [-0.05, 0) is 66.1 Å². The van der Waals surface area contributed by atoms with Gasteiger partial charge in [-0.3, -0.25) is 0 Å². The van der Waals surface area contributed by atoms with Crippen molar-refractivity contribution in [3.63, 3.8) is 0 Å². The molecule has 0 aliphatic carbocycles. The van der Waals surface area contributed by atoms with E-state index in [4.69, 9.17) is 0 Å². The molecule has 0 unspecified atom stereocenters. The molecule has 0 aliphatic heterocycles. The number of nitrogens with zero attached hydrogens (tertiary/aromatic N) is 2. The molecule has 0 radical (unpaired) electrons. The van der Waals surface area contributed by atoms with E-state index in [9.17, 15) is 0 Å². The Morgan fingerprint density at radius 3 is 1.36 bits per heavy atom. The number of hydrogen-bond donors (Lipinski definition) is 2. The average molecular weight is 465 g/mol. The Morgan fingerprint density at radius 1 is 0.515 bits per heavy atom. The molecule has 33 heavy (non-hydrogen) atoms. The summed E-state index contributed by atoms with van der Waals surface area (Å²) in [6.45, 7) is 0. The van der Waals surface area contributed by atoms with Crippen molar-refractivity contribution in [2.75, 3.05) is 10.6 Å². The Hall–Kier alpha value is -3.74. The van der Waals surface area contributed by atoms with Gasteiger partial charge < -0.3 is 10.6 Å². The maximum atomic E-state index is 4.65. The molecule has 0 aliphatic rings. The molecule has 0 fully saturated rings.